The van der Waals surface area contributed by atoms with Gasteiger partial charge in [0.15, 0.2) is 0 Å². The summed E-state index contributed by atoms with van der Waals surface area (Å²) in [6, 6.07) is 25.3. The Morgan fingerprint density at radius 3 is 2.31 bits per heavy atom. The molecule has 0 aromatic heterocycles. The summed E-state index contributed by atoms with van der Waals surface area (Å²) in [5.41, 5.74) is 2.06. The van der Waals surface area contributed by atoms with Gasteiger partial charge < -0.3 is 9.64 Å². The van der Waals surface area contributed by atoms with Gasteiger partial charge >= 0.3 is 0 Å². The predicted molar refractivity (Wildman–Crippen MR) is 104 cm³/mol. The van der Waals surface area contributed by atoms with Gasteiger partial charge in [-0.2, -0.15) is 0 Å². The van der Waals surface area contributed by atoms with E-state index in [-0.39, 0.29) is 0 Å². The average molecular weight is 364 g/mol. The zero-order valence-electron chi connectivity index (χ0n) is 14.3. The Hall–Kier alpha value is -2.79. The lowest BCUT2D eigenvalue weighted by Crippen LogP contribution is -2.34. The number of nitrogens with one attached hydrogen (secondary N) is 1. The van der Waals surface area contributed by atoms with Gasteiger partial charge in [0.2, 0.25) is 0 Å². The van der Waals surface area contributed by atoms with E-state index < -0.39 is 9.73 Å². The van der Waals surface area contributed by atoms with Crippen molar-refractivity contribution >= 4 is 15.4 Å². The van der Waals surface area contributed by atoms with Gasteiger partial charge in [0.05, 0.1) is 26.1 Å². The minimum absolute atomic E-state index is 0.374. The highest BCUT2D eigenvalue weighted by atomic mass is 32.2. The van der Waals surface area contributed by atoms with Crippen LogP contribution in [0, 0.1) is 4.78 Å². The molecule has 0 fully saturated rings. The number of ether oxygens (including phenoxy) is 1. The second-order valence-electron chi connectivity index (χ2n) is 6.33. The van der Waals surface area contributed by atoms with Gasteiger partial charge in [0, 0.05) is 13.1 Å². The molecule has 3 aromatic carbocycles. The minimum Gasteiger partial charge on any atom is -0.457 e. The van der Waals surface area contributed by atoms with Crippen LogP contribution < -0.4 is 9.64 Å². The van der Waals surface area contributed by atoms with Crippen LogP contribution in [0.2, 0.25) is 0 Å². The van der Waals surface area contributed by atoms with E-state index in [0.29, 0.717) is 17.2 Å². The standard InChI is InChI=1S/C21H20N2O2S/c22-26(24)15-14-23(20-8-4-5-9-21(20)26)16-17-10-12-19(13-11-17)25-18-6-2-1-3-7-18/h1-13,22H,14-16H2. The van der Waals surface area contributed by atoms with Crippen molar-refractivity contribution in [3.8, 4) is 11.5 Å². The van der Waals surface area contributed by atoms with E-state index in [1.54, 1.807) is 0 Å². The SMILES string of the molecule is N=S1(=O)CCN(Cc2ccc(Oc3ccccc3)cc2)c2ccccc21. The molecule has 5 heteroatoms. The van der Waals surface area contributed by atoms with Gasteiger partial charge in [-0.1, -0.05) is 42.5 Å². The highest BCUT2D eigenvalue weighted by Crippen LogP contribution is 2.32. The van der Waals surface area contributed by atoms with E-state index in [4.69, 9.17) is 9.52 Å². The summed E-state index contributed by atoms with van der Waals surface area (Å²) in [7, 11) is -2.67. The molecule has 1 aliphatic heterocycles. The van der Waals surface area contributed by atoms with E-state index in [1.165, 1.54) is 0 Å². The van der Waals surface area contributed by atoms with Gasteiger partial charge in [-0.3, -0.25) is 0 Å². The monoisotopic (exact) mass is 364 g/mol. The zero-order valence-corrected chi connectivity index (χ0v) is 15.1. The highest BCUT2D eigenvalue weighted by molar-refractivity contribution is 7.92. The molecule has 0 spiro atoms. The van der Waals surface area contributed by atoms with Gasteiger partial charge in [0.1, 0.15) is 11.5 Å². The van der Waals surface area contributed by atoms with Crippen LogP contribution in [0.15, 0.2) is 83.8 Å². The molecule has 26 heavy (non-hydrogen) atoms. The molecule has 0 bridgehead atoms. The van der Waals surface area contributed by atoms with E-state index >= 15 is 0 Å². The first-order chi connectivity index (χ1) is 12.6. The maximum atomic E-state index is 12.5. The van der Waals surface area contributed by atoms with Gasteiger partial charge in [-0.05, 0) is 42.0 Å². The Bertz CT molecular complexity index is 1000. The summed E-state index contributed by atoms with van der Waals surface area (Å²) in [6.45, 7) is 1.35. The average Bonchev–Trinajstić information content (AvgIpc) is 2.67. The van der Waals surface area contributed by atoms with Crippen LogP contribution in [-0.4, -0.2) is 16.5 Å². The summed E-state index contributed by atoms with van der Waals surface area (Å²) in [4.78, 5) is 2.84. The Labute approximate surface area is 154 Å². The molecular weight excluding hydrogens is 344 g/mol. The molecule has 1 N–H and O–H groups in total. The Balaban J connectivity index is 1.51. The normalized spacial score (nSPS) is 19.0. The molecule has 4 nitrogen and oxygen atoms in total. The number of nitrogens with zero attached hydrogens (tertiary/aromatic N) is 1. The first-order valence-electron chi connectivity index (χ1n) is 8.54. The third-order valence-corrected chi connectivity index (χ3v) is 6.30. The molecule has 4 rings (SSSR count). The van der Waals surface area contributed by atoms with Crippen LogP contribution in [-0.2, 0) is 16.3 Å². The molecule has 0 saturated heterocycles. The molecule has 1 heterocycles. The summed E-state index contributed by atoms with van der Waals surface area (Å²) in [5, 5.41) is 0. The number of hydrogen-bond acceptors (Lipinski definition) is 4. The lowest BCUT2D eigenvalue weighted by molar-refractivity contribution is 0.482. The van der Waals surface area contributed by atoms with Crippen LogP contribution in [0.25, 0.3) is 0 Å². The van der Waals surface area contributed by atoms with Crippen LogP contribution in [0.3, 0.4) is 0 Å². The molecular formula is C21H20N2O2S. The van der Waals surface area contributed by atoms with Crippen molar-refractivity contribution in [2.75, 3.05) is 17.2 Å². The van der Waals surface area contributed by atoms with E-state index in [9.17, 15) is 4.21 Å². The molecule has 1 atom stereocenters. The Morgan fingerprint density at radius 2 is 1.54 bits per heavy atom. The van der Waals surface area contributed by atoms with E-state index in [2.05, 4.69) is 4.90 Å². The summed E-state index contributed by atoms with van der Waals surface area (Å²) in [5.74, 6) is 1.99. The van der Waals surface area contributed by atoms with Crippen LogP contribution in [0.5, 0.6) is 11.5 Å². The Kier molecular flexibility index (Phi) is 4.39. The minimum atomic E-state index is -2.67. The highest BCUT2D eigenvalue weighted by Gasteiger charge is 2.25. The van der Waals surface area contributed by atoms with Crippen molar-refractivity contribution in [3.05, 3.63) is 84.4 Å². The second kappa shape index (κ2) is 6.84. The fourth-order valence-electron chi connectivity index (χ4n) is 3.14. The smallest absolute Gasteiger partial charge is 0.127 e. The second-order valence-corrected chi connectivity index (χ2v) is 8.53. The van der Waals surface area contributed by atoms with E-state index in [0.717, 1.165) is 29.3 Å². The van der Waals surface area contributed by atoms with Crippen LogP contribution in [0.4, 0.5) is 5.69 Å². The number of fused-ring (bicyclic) bond motifs is 1. The molecule has 0 saturated carbocycles. The number of para-hydroxylation sites is 2. The summed E-state index contributed by atoms with van der Waals surface area (Å²) < 4.78 is 26.4. The van der Waals surface area contributed by atoms with Crippen molar-refractivity contribution < 1.29 is 8.95 Å². The lowest BCUT2D eigenvalue weighted by Gasteiger charge is -2.32. The van der Waals surface area contributed by atoms with Crippen molar-refractivity contribution in [1.29, 1.82) is 4.78 Å². The van der Waals surface area contributed by atoms with Gasteiger partial charge in [-0.15, -0.1) is 0 Å². The maximum absolute atomic E-state index is 12.5. The number of benzene rings is 3. The van der Waals surface area contributed by atoms with Crippen LogP contribution >= 0.6 is 0 Å². The number of hydrogen-bond donors (Lipinski definition) is 1. The predicted octanol–water partition coefficient (Wildman–Crippen LogP) is 4.90. The summed E-state index contributed by atoms with van der Waals surface area (Å²) in [6.07, 6.45) is 0. The zero-order chi connectivity index (χ0) is 18.0. The quantitative estimate of drug-likeness (QED) is 0.716. The maximum Gasteiger partial charge on any atom is 0.127 e. The third-order valence-electron chi connectivity index (χ3n) is 4.49. The fraction of sp³-hybridized carbons (Fsp3) is 0.143. The lowest BCUT2D eigenvalue weighted by atomic mass is 10.2. The molecule has 1 aliphatic rings. The molecule has 132 valence electrons. The molecule has 0 aliphatic carbocycles. The van der Waals surface area contributed by atoms with Gasteiger partial charge in [-0.25, -0.2) is 8.99 Å². The van der Waals surface area contributed by atoms with E-state index in [1.807, 2.05) is 78.9 Å². The Morgan fingerprint density at radius 1 is 0.885 bits per heavy atom. The first-order valence-corrected chi connectivity index (χ1v) is 10.3. The summed E-state index contributed by atoms with van der Waals surface area (Å²) >= 11 is 0. The van der Waals surface area contributed by atoms with Gasteiger partial charge in [0.25, 0.3) is 0 Å². The largest absolute Gasteiger partial charge is 0.457 e. The molecule has 0 radical (unpaired) electrons. The van der Waals surface area contributed by atoms with Crippen LogP contribution in [0.1, 0.15) is 5.56 Å². The first kappa shape index (κ1) is 16.7. The molecule has 0 amide bonds. The molecule has 3 aromatic rings. The topological polar surface area (TPSA) is 53.4 Å². The van der Waals surface area contributed by atoms with Crippen molar-refractivity contribution in [1.82, 2.24) is 0 Å². The molecule has 1 unspecified atom stereocenters. The third kappa shape index (κ3) is 3.44. The fourth-order valence-corrected chi connectivity index (χ4v) is 4.67. The van der Waals surface area contributed by atoms with Crippen molar-refractivity contribution in [2.24, 2.45) is 0 Å². The number of rotatable bonds is 4. The van der Waals surface area contributed by atoms with Crippen molar-refractivity contribution in [3.63, 3.8) is 0 Å². The van der Waals surface area contributed by atoms with Crippen molar-refractivity contribution in [2.45, 2.75) is 11.4 Å². The number of anilines is 1.